The van der Waals surface area contributed by atoms with Crippen molar-refractivity contribution in [2.75, 3.05) is 13.2 Å². The number of ether oxygens (including phenoxy) is 3. The molecule has 0 heterocycles. The lowest BCUT2D eigenvalue weighted by molar-refractivity contribution is -0.167. The van der Waals surface area contributed by atoms with E-state index in [1.54, 1.807) is 0 Å². The Bertz CT molecular complexity index is 916. The summed E-state index contributed by atoms with van der Waals surface area (Å²) in [5, 5.41) is 0. The molecule has 60 heavy (non-hydrogen) atoms. The third-order valence-corrected chi connectivity index (χ3v) is 12.2. The summed E-state index contributed by atoms with van der Waals surface area (Å²) in [6, 6.07) is 0. The summed E-state index contributed by atoms with van der Waals surface area (Å²) in [4.78, 5) is 38.0. The molecule has 0 fully saturated rings. The molecule has 6 nitrogen and oxygen atoms in total. The first-order valence-corrected chi connectivity index (χ1v) is 26.7. The van der Waals surface area contributed by atoms with Crippen LogP contribution in [-0.2, 0) is 28.6 Å². The summed E-state index contributed by atoms with van der Waals surface area (Å²) < 4.78 is 16.8. The van der Waals surface area contributed by atoms with Gasteiger partial charge in [-0.05, 0) is 31.1 Å². The van der Waals surface area contributed by atoms with Crippen LogP contribution in [0.3, 0.4) is 0 Å². The molecular weight excluding hydrogens is 745 g/mol. The first-order chi connectivity index (χ1) is 29.2. The molecule has 0 bridgehead atoms. The zero-order chi connectivity index (χ0) is 44.0. The number of rotatable bonds is 48. The molecule has 0 amide bonds. The van der Waals surface area contributed by atoms with Crippen LogP contribution in [0.15, 0.2) is 0 Å². The molecule has 0 aliphatic rings. The van der Waals surface area contributed by atoms with E-state index < -0.39 is 6.10 Å². The molecule has 0 aromatic rings. The van der Waals surface area contributed by atoms with Gasteiger partial charge in [0.15, 0.2) is 6.10 Å². The summed E-state index contributed by atoms with van der Waals surface area (Å²) in [5.74, 6) is 0.799. The zero-order valence-corrected chi connectivity index (χ0v) is 41.1. The first-order valence-electron chi connectivity index (χ1n) is 26.7. The van der Waals surface area contributed by atoms with Crippen LogP contribution < -0.4 is 0 Å². The Hall–Kier alpha value is -1.59. The predicted octanol–water partition coefficient (Wildman–Crippen LogP) is 17.3. The number of esters is 3. The van der Waals surface area contributed by atoms with Crippen LogP contribution in [-0.4, -0.2) is 37.2 Å². The van der Waals surface area contributed by atoms with Crippen molar-refractivity contribution in [2.24, 2.45) is 11.8 Å². The van der Waals surface area contributed by atoms with Crippen LogP contribution in [0.2, 0.25) is 0 Å². The number of unbranched alkanes of at least 4 members (excludes halogenated alkanes) is 33. The van der Waals surface area contributed by atoms with Crippen LogP contribution in [0, 0.1) is 11.8 Å². The van der Waals surface area contributed by atoms with Gasteiger partial charge >= 0.3 is 17.9 Å². The molecular formula is C54H104O6. The van der Waals surface area contributed by atoms with E-state index in [0.717, 1.165) is 69.6 Å². The average molecular weight is 849 g/mol. The number of carbonyl (C=O) groups is 3. The lowest BCUT2D eigenvalue weighted by Crippen LogP contribution is -2.30. The van der Waals surface area contributed by atoms with Gasteiger partial charge in [-0.15, -0.1) is 0 Å². The lowest BCUT2D eigenvalue weighted by atomic mass is 10.0. The van der Waals surface area contributed by atoms with Crippen LogP contribution in [0.4, 0.5) is 0 Å². The maximum absolute atomic E-state index is 12.8. The minimum Gasteiger partial charge on any atom is -0.462 e. The summed E-state index contributed by atoms with van der Waals surface area (Å²) in [5.41, 5.74) is 0. The maximum atomic E-state index is 12.8. The highest BCUT2D eigenvalue weighted by molar-refractivity contribution is 5.71. The molecule has 0 unspecified atom stereocenters. The topological polar surface area (TPSA) is 78.9 Å². The molecule has 0 radical (unpaired) electrons. The fraction of sp³-hybridized carbons (Fsp3) is 0.944. The highest BCUT2D eigenvalue weighted by Crippen LogP contribution is 2.17. The number of hydrogen-bond acceptors (Lipinski definition) is 6. The molecule has 0 aromatic carbocycles. The van der Waals surface area contributed by atoms with Crippen molar-refractivity contribution in [3.63, 3.8) is 0 Å². The van der Waals surface area contributed by atoms with Crippen molar-refractivity contribution in [2.45, 2.75) is 304 Å². The van der Waals surface area contributed by atoms with Gasteiger partial charge in [0.25, 0.3) is 0 Å². The van der Waals surface area contributed by atoms with Crippen molar-refractivity contribution in [3.05, 3.63) is 0 Å². The standard InChI is InChI=1S/C54H104O6/c1-6-7-8-9-10-11-12-16-21-24-31-36-41-46-54(57)60-51(48-59-53(56)45-40-35-30-26-25-28-33-38-43-50(4)5)47-58-52(55)44-39-34-29-23-20-18-15-13-14-17-19-22-27-32-37-42-49(2)3/h49-51H,6-48H2,1-5H3/t51-/m0/s1. The van der Waals surface area contributed by atoms with Crippen molar-refractivity contribution in [1.82, 2.24) is 0 Å². The third kappa shape index (κ3) is 47.5. The molecule has 0 aromatic heterocycles. The van der Waals surface area contributed by atoms with Crippen molar-refractivity contribution < 1.29 is 28.6 Å². The van der Waals surface area contributed by atoms with Crippen molar-refractivity contribution >= 4 is 17.9 Å². The average Bonchev–Trinajstić information content (AvgIpc) is 3.22. The molecule has 0 aliphatic heterocycles. The monoisotopic (exact) mass is 849 g/mol. The SMILES string of the molecule is CCCCCCCCCCCCCCCC(=O)O[C@@H](COC(=O)CCCCCCCCCCCCCCCCCC(C)C)COC(=O)CCCCCCCCCCC(C)C. The predicted molar refractivity (Wildman–Crippen MR) is 256 cm³/mol. The Morgan fingerprint density at radius 1 is 0.317 bits per heavy atom. The fourth-order valence-corrected chi connectivity index (χ4v) is 8.17. The van der Waals surface area contributed by atoms with E-state index in [1.807, 2.05) is 0 Å². The maximum Gasteiger partial charge on any atom is 0.306 e. The van der Waals surface area contributed by atoms with Gasteiger partial charge in [-0.3, -0.25) is 14.4 Å². The van der Waals surface area contributed by atoms with E-state index in [2.05, 4.69) is 34.6 Å². The van der Waals surface area contributed by atoms with Crippen LogP contribution >= 0.6 is 0 Å². The van der Waals surface area contributed by atoms with Gasteiger partial charge < -0.3 is 14.2 Å². The largest absolute Gasteiger partial charge is 0.462 e. The number of carbonyl (C=O) groups excluding carboxylic acids is 3. The van der Waals surface area contributed by atoms with E-state index in [9.17, 15) is 14.4 Å². The van der Waals surface area contributed by atoms with Gasteiger partial charge in [0.1, 0.15) is 13.2 Å². The summed E-state index contributed by atoms with van der Waals surface area (Å²) in [7, 11) is 0. The quantitative estimate of drug-likeness (QED) is 0.0345. The van der Waals surface area contributed by atoms with Gasteiger partial charge in [0.05, 0.1) is 0 Å². The highest BCUT2D eigenvalue weighted by atomic mass is 16.6. The smallest absolute Gasteiger partial charge is 0.306 e. The molecule has 0 rings (SSSR count). The minimum absolute atomic E-state index is 0.0636. The second kappa shape index (κ2) is 46.9. The van der Waals surface area contributed by atoms with Gasteiger partial charge in [-0.25, -0.2) is 0 Å². The van der Waals surface area contributed by atoms with E-state index in [-0.39, 0.29) is 31.1 Å². The van der Waals surface area contributed by atoms with E-state index >= 15 is 0 Å². The summed E-state index contributed by atoms with van der Waals surface area (Å²) in [6.45, 7) is 11.4. The molecule has 0 saturated carbocycles. The third-order valence-electron chi connectivity index (χ3n) is 12.2. The van der Waals surface area contributed by atoms with Gasteiger partial charge in [0, 0.05) is 19.3 Å². The second-order valence-corrected chi connectivity index (χ2v) is 19.5. The molecule has 356 valence electrons. The molecule has 1 atom stereocenters. The Kier molecular flexibility index (Phi) is 45.7. The zero-order valence-electron chi connectivity index (χ0n) is 41.1. The van der Waals surface area contributed by atoms with E-state index in [0.29, 0.717) is 19.3 Å². The normalized spacial score (nSPS) is 12.1. The van der Waals surface area contributed by atoms with Crippen LogP contribution in [0.5, 0.6) is 0 Å². The molecule has 0 N–H and O–H groups in total. The van der Waals surface area contributed by atoms with Gasteiger partial charge in [0.2, 0.25) is 0 Å². The molecule has 0 saturated heterocycles. The molecule has 0 spiro atoms. The number of hydrogen-bond donors (Lipinski definition) is 0. The second-order valence-electron chi connectivity index (χ2n) is 19.5. The van der Waals surface area contributed by atoms with Crippen LogP contribution in [0.25, 0.3) is 0 Å². The fourth-order valence-electron chi connectivity index (χ4n) is 8.17. The Balaban J connectivity index is 4.26. The van der Waals surface area contributed by atoms with Crippen LogP contribution in [0.1, 0.15) is 298 Å². The lowest BCUT2D eigenvalue weighted by Gasteiger charge is -2.18. The van der Waals surface area contributed by atoms with E-state index in [4.69, 9.17) is 14.2 Å². The van der Waals surface area contributed by atoms with Gasteiger partial charge in [-0.2, -0.15) is 0 Å². The van der Waals surface area contributed by atoms with Gasteiger partial charge in [-0.1, -0.05) is 259 Å². The highest BCUT2D eigenvalue weighted by Gasteiger charge is 2.19. The Morgan fingerprint density at radius 2 is 0.550 bits per heavy atom. The van der Waals surface area contributed by atoms with Crippen molar-refractivity contribution in [1.29, 1.82) is 0 Å². The molecule has 6 heteroatoms. The Morgan fingerprint density at radius 3 is 0.817 bits per heavy atom. The first kappa shape index (κ1) is 58.4. The summed E-state index contributed by atoms with van der Waals surface area (Å²) in [6.07, 6.45) is 48.1. The van der Waals surface area contributed by atoms with Crippen molar-refractivity contribution in [3.8, 4) is 0 Å². The molecule has 0 aliphatic carbocycles. The summed E-state index contributed by atoms with van der Waals surface area (Å²) >= 11 is 0. The minimum atomic E-state index is -0.761. The van der Waals surface area contributed by atoms with E-state index in [1.165, 1.54) is 186 Å². The Labute approximate surface area is 374 Å².